The maximum atomic E-state index is 13.2. The summed E-state index contributed by atoms with van der Waals surface area (Å²) in [6.45, 7) is 7.28. The fourth-order valence-corrected chi connectivity index (χ4v) is 3.05. The first-order valence-corrected chi connectivity index (χ1v) is 8.74. The van der Waals surface area contributed by atoms with Crippen molar-refractivity contribution in [2.75, 3.05) is 7.11 Å². The van der Waals surface area contributed by atoms with Gasteiger partial charge in [0.1, 0.15) is 11.4 Å². The van der Waals surface area contributed by atoms with E-state index in [9.17, 15) is 9.59 Å². The summed E-state index contributed by atoms with van der Waals surface area (Å²) < 4.78 is 10.7. The second-order valence-electron chi connectivity index (χ2n) is 7.41. The van der Waals surface area contributed by atoms with Crippen molar-refractivity contribution in [3.8, 4) is 5.75 Å². The summed E-state index contributed by atoms with van der Waals surface area (Å²) >= 11 is 0. The molecule has 3 rings (SSSR count). The van der Waals surface area contributed by atoms with Crippen molar-refractivity contribution in [3.05, 3.63) is 64.8 Å². The number of esters is 1. The molecule has 2 aromatic carbocycles. The highest BCUT2D eigenvalue weighted by atomic mass is 16.6. The highest BCUT2D eigenvalue weighted by Gasteiger charge is 2.25. The van der Waals surface area contributed by atoms with Crippen LogP contribution in [0.5, 0.6) is 5.75 Å². The molecule has 0 atom stereocenters. The Hall–Kier alpha value is -3.08. The quantitative estimate of drug-likeness (QED) is 0.539. The number of carbonyl (C=O) groups excluding carboxylic acids is 2. The van der Waals surface area contributed by atoms with Crippen LogP contribution in [0.25, 0.3) is 10.9 Å². The summed E-state index contributed by atoms with van der Waals surface area (Å²) in [6.07, 6.45) is 0. The molecule has 140 valence electrons. The van der Waals surface area contributed by atoms with Crippen LogP contribution in [0.2, 0.25) is 0 Å². The maximum Gasteiger partial charge on any atom is 0.339 e. The summed E-state index contributed by atoms with van der Waals surface area (Å²) in [6, 6.07) is 12.2. The number of nitrogens with one attached hydrogen (secondary N) is 1. The monoisotopic (exact) mass is 365 g/mol. The largest absolute Gasteiger partial charge is 0.497 e. The van der Waals surface area contributed by atoms with E-state index in [2.05, 4.69) is 4.98 Å². The Balaban J connectivity index is 2.13. The van der Waals surface area contributed by atoms with E-state index in [1.807, 2.05) is 33.8 Å². The van der Waals surface area contributed by atoms with Gasteiger partial charge in [-0.3, -0.25) is 4.79 Å². The molecule has 5 nitrogen and oxygen atoms in total. The number of methoxy groups -OCH3 is 1. The van der Waals surface area contributed by atoms with Gasteiger partial charge in [0.25, 0.3) is 0 Å². The Bertz CT molecular complexity index is 1010. The Kier molecular flexibility index (Phi) is 4.79. The van der Waals surface area contributed by atoms with Gasteiger partial charge in [-0.2, -0.15) is 0 Å². The smallest absolute Gasteiger partial charge is 0.339 e. The molecule has 5 heteroatoms. The Morgan fingerprint density at radius 3 is 2.26 bits per heavy atom. The average molecular weight is 365 g/mol. The molecule has 0 aliphatic rings. The first-order valence-electron chi connectivity index (χ1n) is 8.74. The van der Waals surface area contributed by atoms with Crippen LogP contribution in [-0.2, 0) is 4.74 Å². The molecule has 1 aromatic heterocycles. The second-order valence-corrected chi connectivity index (χ2v) is 7.41. The van der Waals surface area contributed by atoms with Gasteiger partial charge in [0.2, 0.25) is 0 Å². The number of aromatic nitrogens is 1. The summed E-state index contributed by atoms with van der Waals surface area (Å²) in [4.78, 5) is 29.1. The van der Waals surface area contributed by atoms with E-state index in [1.165, 1.54) is 0 Å². The summed E-state index contributed by atoms with van der Waals surface area (Å²) in [5.41, 5.74) is 2.21. The third-order valence-corrected chi connectivity index (χ3v) is 4.21. The van der Waals surface area contributed by atoms with Gasteiger partial charge in [0.05, 0.1) is 18.2 Å². The fraction of sp³-hybridized carbons (Fsp3) is 0.273. The van der Waals surface area contributed by atoms with E-state index < -0.39 is 11.6 Å². The van der Waals surface area contributed by atoms with Crippen molar-refractivity contribution in [2.45, 2.75) is 33.3 Å². The summed E-state index contributed by atoms with van der Waals surface area (Å²) in [7, 11) is 1.58. The molecule has 1 heterocycles. The summed E-state index contributed by atoms with van der Waals surface area (Å²) in [5.74, 6) is 0.0740. The van der Waals surface area contributed by atoms with Crippen molar-refractivity contribution in [3.63, 3.8) is 0 Å². The van der Waals surface area contributed by atoms with Crippen molar-refractivity contribution in [2.24, 2.45) is 0 Å². The number of hydrogen-bond donors (Lipinski definition) is 1. The predicted molar refractivity (Wildman–Crippen MR) is 105 cm³/mol. The molecule has 0 bridgehead atoms. The Labute approximate surface area is 158 Å². The molecule has 0 radical (unpaired) electrons. The van der Waals surface area contributed by atoms with Gasteiger partial charge in [-0.15, -0.1) is 0 Å². The highest BCUT2D eigenvalue weighted by Crippen LogP contribution is 2.29. The number of fused-ring (bicyclic) bond motifs is 1. The molecule has 27 heavy (non-hydrogen) atoms. The van der Waals surface area contributed by atoms with E-state index >= 15 is 0 Å². The minimum atomic E-state index is -0.620. The number of hydrogen-bond acceptors (Lipinski definition) is 4. The third-order valence-electron chi connectivity index (χ3n) is 4.21. The molecule has 1 N–H and O–H groups in total. The molecule has 0 aliphatic heterocycles. The van der Waals surface area contributed by atoms with Gasteiger partial charge < -0.3 is 14.5 Å². The van der Waals surface area contributed by atoms with E-state index in [0.717, 1.165) is 5.52 Å². The number of ketones is 1. The van der Waals surface area contributed by atoms with Gasteiger partial charge in [-0.1, -0.05) is 6.07 Å². The maximum absolute atomic E-state index is 13.2. The van der Waals surface area contributed by atoms with Crippen LogP contribution >= 0.6 is 0 Å². The first kappa shape index (κ1) is 18.7. The zero-order chi connectivity index (χ0) is 19.8. The topological polar surface area (TPSA) is 68.4 Å². The van der Waals surface area contributed by atoms with Crippen LogP contribution in [0.15, 0.2) is 42.5 Å². The average Bonchev–Trinajstić information content (AvgIpc) is 2.95. The number of aryl methyl sites for hydroxylation is 1. The van der Waals surface area contributed by atoms with Gasteiger partial charge in [0, 0.05) is 22.2 Å². The number of rotatable bonds is 4. The van der Waals surface area contributed by atoms with Crippen LogP contribution in [0, 0.1) is 6.92 Å². The third kappa shape index (κ3) is 3.72. The lowest BCUT2D eigenvalue weighted by Crippen LogP contribution is -2.24. The minimum Gasteiger partial charge on any atom is -0.497 e. The van der Waals surface area contributed by atoms with Crippen LogP contribution in [0.1, 0.15) is 52.7 Å². The summed E-state index contributed by atoms with van der Waals surface area (Å²) in [5, 5.41) is 0.588. The molecule has 0 unspecified atom stereocenters. The van der Waals surface area contributed by atoms with Crippen LogP contribution in [0.3, 0.4) is 0 Å². The lowest BCUT2D eigenvalue weighted by atomic mass is 9.97. The number of aromatic amines is 1. The van der Waals surface area contributed by atoms with Gasteiger partial charge in [-0.05, 0) is 64.1 Å². The molecule has 0 saturated heterocycles. The van der Waals surface area contributed by atoms with E-state index in [4.69, 9.17) is 9.47 Å². The Morgan fingerprint density at radius 1 is 1.00 bits per heavy atom. The SMILES string of the molecule is COc1ccc(C(=O)c2c(C)[nH]c3cccc(C(=O)OC(C)(C)C)c23)cc1. The van der Waals surface area contributed by atoms with Crippen molar-refractivity contribution in [1.82, 2.24) is 4.98 Å². The van der Waals surface area contributed by atoms with Crippen molar-refractivity contribution >= 4 is 22.7 Å². The lowest BCUT2D eigenvalue weighted by molar-refractivity contribution is 0.00718. The lowest BCUT2D eigenvalue weighted by Gasteiger charge is -2.20. The van der Waals surface area contributed by atoms with E-state index in [-0.39, 0.29) is 5.78 Å². The zero-order valence-electron chi connectivity index (χ0n) is 16.2. The Morgan fingerprint density at radius 2 is 1.67 bits per heavy atom. The molecular formula is C22H23NO4. The van der Waals surface area contributed by atoms with Crippen molar-refractivity contribution in [1.29, 1.82) is 0 Å². The molecule has 0 aliphatic carbocycles. The number of ether oxygens (including phenoxy) is 2. The van der Waals surface area contributed by atoms with Crippen LogP contribution < -0.4 is 4.74 Å². The zero-order valence-corrected chi connectivity index (χ0v) is 16.2. The second kappa shape index (κ2) is 6.91. The minimum absolute atomic E-state index is 0.155. The van der Waals surface area contributed by atoms with Gasteiger partial charge in [0.15, 0.2) is 5.78 Å². The molecule has 3 aromatic rings. The molecule has 0 spiro atoms. The normalized spacial score (nSPS) is 11.4. The van der Waals surface area contributed by atoms with Gasteiger partial charge >= 0.3 is 5.97 Å². The fourth-order valence-electron chi connectivity index (χ4n) is 3.05. The standard InChI is InChI=1S/C22H23NO4/c1-13-18(20(24)14-9-11-15(26-5)12-10-14)19-16(7-6-8-17(19)23-13)21(25)27-22(2,3)4/h6-12,23H,1-5H3. The van der Waals surface area contributed by atoms with E-state index in [1.54, 1.807) is 43.5 Å². The number of H-pyrrole nitrogens is 1. The molecule has 0 amide bonds. The highest BCUT2D eigenvalue weighted by molar-refractivity contribution is 6.21. The predicted octanol–water partition coefficient (Wildman–Crippen LogP) is 4.67. The first-order chi connectivity index (χ1) is 12.7. The number of benzene rings is 2. The molecule has 0 saturated carbocycles. The van der Waals surface area contributed by atoms with E-state index in [0.29, 0.717) is 33.5 Å². The van der Waals surface area contributed by atoms with Crippen molar-refractivity contribution < 1.29 is 19.1 Å². The molecule has 0 fully saturated rings. The van der Waals surface area contributed by atoms with Crippen LogP contribution in [-0.4, -0.2) is 29.4 Å². The molecular weight excluding hydrogens is 342 g/mol. The van der Waals surface area contributed by atoms with Crippen LogP contribution in [0.4, 0.5) is 0 Å². The van der Waals surface area contributed by atoms with Gasteiger partial charge in [-0.25, -0.2) is 4.79 Å². The number of carbonyl (C=O) groups is 2.